The molecule has 0 saturated carbocycles. The van der Waals surface area contributed by atoms with Crippen LogP contribution < -0.4 is 0 Å². The van der Waals surface area contributed by atoms with E-state index in [0.717, 1.165) is 12.8 Å². The summed E-state index contributed by atoms with van der Waals surface area (Å²) in [5.41, 5.74) is 0. The first-order valence-electron chi connectivity index (χ1n) is 4.40. The smallest absolute Gasteiger partial charge is 0.308 e. The molecule has 1 unspecified atom stereocenters. The largest absolute Gasteiger partial charge is 0.469 e. The standard InChI is InChI=1S/C9H18O3/c1-4-7(5-2)8(10)6-9(11)12-3/h7-8,10H,4-6H2,1-3H3. The van der Waals surface area contributed by atoms with Crippen molar-refractivity contribution >= 4 is 5.97 Å². The van der Waals surface area contributed by atoms with Crippen molar-refractivity contribution in [2.24, 2.45) is 5.92 Å². The van der Waals surface area contributed by atoms with E-state index in [4.69, 9.17) is 0 Å². The molecule has 0 aliphatic carbocycles. The minimum Gasteiger partial charge on any atom is -0.469 e. The lowest BCUT2D eigenvalue weighted by atomic mass is 9.94. The van der Waals surface area contributed by atoms with E-state index in [1.54, 1.807) is 0 Å². The molecule has 0 amide bonds. The third-order valence-corrected chi connectivity index (χ3v) is 2.20. The van der Waals surface area contributed by atoms with Crippen LogP contribution in [0.5, 0.6) is 0 Å². The molecule has 1 atom stereocenters. The van der Waals surface area contributed by atoms with E-state index >= 15 is 0 Å². The summed E-state index contributed by atoms with van der Waals surface area (Å²) >= 11 is 0. The number of aliphatic hydroxyl groups excluding tert-OH is 1. The Hall–Kier alpha value is -0.570. The molecule has 0 rings (SSSR count). The van der Waals surface area contributed by atoms with Gasteiger partial charge in [0.15, 0.2) is 0 Å². The maximum atomic E-state index is 10.8. The molecule has 0 aliphatic rings. The second kappa shape index (κ2) is 6.00. The average Bonchev–Trinajstić information content (AvgIpc) is 2.06. The van der Waals surface area contributed by atoms with E-state index in [2.05, 4.69) is 4.74 Å². The minimum atomic E-state index is -0.549. The maximum absolute atomic E-state index is 10.8. The van der Waals surface area contributed by atoms with Gasteiger partial charge in [-0.05, 0) is 5.92 Å². The van der Waals surface area contributed by atoms with Crippen LogP contribution in [0.15, 0.2) is 0 Å². The number of hydrogen-bond acceptors (Lipinski definition) is 3. The lowest BCUT2D eigenvalue weighted by molar-refractivity contribution is -0.143. The van der Waals surface area contributed by atoms with Crippen molar-refractivity contribution in [3.05, 3.63) is 0 Å². The van der Waals surface area contributed by atoms with Gasteiger partial charge in [0, 0.05) is 0 Å². The molecule has 0 aromatic carbocycles. The number of esters is 1. The molecule has 0 spiro atoms. The van der Waals surface area contributed by atoms with Crippen molar-refractivity contribution in [1.82, 2.24) is 0 Å². The van der Waals surface area contributed by atoms with Crippen LogP contribution in [0, 0.1) is 5.92 Å². The molecule has 0 aliphatic heterocycles. The summed E-state index contributed by atoms with van der Waals surface area (Å²) in [6.07, 6.45) is 1.36. The first-order valence-corrected chi connectivity index (χ1v) is 4.40. The SMILES string of the molecule is CCC(CC)C(O)CC(=O)OC. The topological polar surface area (TPSA) is 46.5 Å². The summed E-state index contributed by atoms with van der Waals surface area (Å²) in [5, 5.41) is 9.51. The zero-order valence-corrected chi connectivity index (χ0v) is 8.04. The molecule has 0 heterocycles. The van der Waals surface area contributed by atoms with Crippen LogP contribution in [0.1, 0.15) is 33.1 Å². The Morgan fingerprint density at radius 1 is 1.42 bits per heavy atom. The number of methoxy groups -OCH3 is 1. The highest BCUT2D eigenvalue weighted by Crippen LogP contribution is 2.15. The number of rotatable bonds is 5. The molecule has 0 aromatic rings. The van der Waals surface area contributed by atoms with Gasteiger partial charge in [0.05, 0.1) is 19.6 Å². The van der Waals surface area contributed by atoms with Gasteiger partial charge in [-0.25, -0.2) is 0 Å². The highest BCUT2D eigenvalue weighted by atomic mass is 16.5. The van der Waals surface area contributed by atoms with Crippen LogP contribution in [0.4, 0.5) is 0 Å². The molecular weight excluding hydrogens is 156 g/mol. The minimum absolute atomic E-state index is 0.114. The fourth-order valence-electron chi connectivity index (χ4n) is 1.25. The number of hydrogen-bond donors (Lipinski definition) is 1. The zero-order valence-electron chi connectivity index (χ0n) is 8.04. The fraction of sp³-hybridized carbons (Fsp3) is 0.889. The third-order valence-electron chi connectivity index (χ3n) is 2.20. The summed E-state index contributed by atoms with van der Waals surface area (Å²) < 4.78 is 4.46. The fourth-order valence-corrected chi connectivity index (χ4v) is 1.25. The Kier molecular flexibility index (Phi) is 5.72. The Bertz CT molecular complexity index is 130. The molecule has 72 valence electrons. The van der Waals surface area contributed by atoms with E-state index < -0.39 is 6.10 Å². The third kappa shape index (κ3) is 3.72. The van der Waals surface area contributed by atoms with Gasteiger partial charge >= 0.3 is 5.97 Å². The first-order chi connectivity index (χ1) is 5.65. The van der Waals surface area contributed by atoms with Crippen LogP contribution in [-0.4, -0.2) is 24.3 Å². The lowest BCUT2D eigenvalue weighted by Crippen LogP contribution is -2.23. The van der Waals surface area contributed by atoms with E-state index in [1.807, 2.05) is 13.8 Å². The van der Waals surface area contributed by atoms with Gasteiger partial charge < -0.3 is 9.84 Å². The predicted molar refractivity (Wildman–Crippen MR) is 46.7 cm³/mol. The average molecular weight is 174 g/mol. The summed E-state index contributed by atoms with van der Waals surface area (Å²) in [7, 11) is 1.34. The Morgan fingerprint density at radius 3 is 2.25 bits per heavy atom. The summed E-state index contributed by atoms with van der Waals surface area (Å²) in [5.74, 6) is -0.126. The quantitative estimate of drug-likeness (QED) is 0.640. The number of ether oxygens (including phenoxy) is 1. The second-order valence-corrected chi connectivity index (χ2v) is 2.92. The van der Waals surface area contributed by atoms with Crippen molar-refractivity contribution < 1.29 is 14.6 Å². The monoisotopic (exact) mass is 174 g/mol. The number of aliphatic hydroxyl groups is 1. The van der Waals surface area contributed by atoms with Gasteiger partial charge in [-0.15, -0.1) is 0 Å². The highest BCUT2D eigenvalue weighted by Gasteiger charge is 2.18. The first kappa shape index (κ1) is 11.4. The normalized spacial score (nSPS) is 13.1. The van der Waals surface area contributed by atoms with Gasteiger partial charge in [0.1, 0.15) is 0 Å². The molecule has 3 heteroatoms. The maximum Gasteiger partial charge on any atom is 0.308 e. The highest BCUT2D eigenvalue weighted by molar-refractivity contribution is 5.69. The number of carbonyl (C=O) groups is 1. The molecular formula is C9H18O3. The molecule has 0 radical (unpaired) electrons. The van der Waals surface area contributed by atoms with E-state index in [9.17, 15) is 9.90 Å². The molecule has 0 bridgehead atoms. The van der Waals surface area contributed by atoms with Gasteiger partial charge in [-0.3, -0.25) is 4.79 Å². The summed E-state index contributed by atoms with van der Waals surface area (Å²) in [6, 6.07) is 0. The van der Waals surface area contributed by atoms with E-state index in [-0.39, 0.29) is 18.3 Å². The van der Waals surface area contributed by atoms with Crippen LogP contribution in [0.2, 0.25) is 0 Å². The predicted octanol–water partition coefficient (Wildman–Crippen LogP) is 1.35. The van der Waals surface area contributed by atoms with Crippen molar-refractivity contribution in [3.63, 3.8) is 0 Å². The van der Waals surface area contributed by atoms with Crippen LogP contribution in [0.25, 0.3) is 0 Å². The number of carbonyl (C=O) groups excluding carboxylic acids is 1. The molecule has 0 saturated heterocycles. The van der Waals surface area contributed by atoms with Gasteiger partial charge in [-0.2, -0.15) is 0 Å². The van der Waals surface area contributed by atoms with Crippen LogP contribution >= 0.6 is 0 Å². The Labute approximate surface area is 73.7 Å². The van der Waals surface area contributed by atoms with Crippen molar-refractivity contribution in [1.29, 1.82) is 0 Å². The second-order valence-electron chi connectivity index (χ2n) is 2.92. The molecule has 3 nitrogen and oxygen atoms in total. The van der Waals surface area contributed by atoms with Crippen molar-refractivity contribution in [3.8, 4) is 0 Å². The summed E-state index contributed by atoms with van der Waals surface area (Å²) in [4.78, 5) is 10.8. The lowest BCUT2D eigenvalue weighted by Gasteiger charge is -2.18. The van der Waals surface area contributed by atoms with Crippen molar-refractivity contribution in [2.75, 3.05) is 7.11 Å². The van der Waals surface area contributed by atoms with Gasteiger partial charge in [0.2, 0.25) is 0 Å². The van der Waals surface area contributed by atoms with Crippen LogP contribution in [-0.2, 0) is 9.53 Å². The molecule has 1 N–H and O–H groups in total. The van der Waals surface area contributed by atoms with Gasteiger partial charge in [-0.1, -0.05) is 26.7 Å². The molecule has 0 fully saturated rings. The Balaban J connectivity index is 3.83. The van der Waals surface area contributed by atoms with Gasteiger partial charge in [0.25, 0.3) is 0 Å². The Morgan fingerprint density at radius 2 is 1.92 bits per heavy atom. The van der Waals surface area contributed by atoms with Crippen LogP contribution in [0.3, 0.4) is 0 Å². The molecule has 12 heavy (non-hydrogen) atoms. The molecule has 0 aromatic heterocycles. The van der Waals surface area contributed by atoms with E-state index in [0.29, 0.717) is 0 Å². The zero-order chi connectivity index (χ0) is 9.56. The van der Waals surface area contributed by atoms with Crippen molar-refractivity contribution in [2.45, 2.75) is 39.2 Å². The summed E-state index contributed by atoms with van der Waals surface area (Å²) in [6.45, 7) is 4.02. The van der Waals surface area contributed by atoms with E-state index in [1.165, 1.54) is 7.11 Å².